The summed E-state index contributed by atoms with van der Waals surface area (Å²) in [6.45, 7) is 0. The second-order valence-corrected chi connectivity index (χ2v) is 9.10. The zero-order valence-electron chi connectivity index (χ0n) is 13.2. The highest BCUT2D eigenvalue weighted by atomic mass is 32.2. The van der Waals surface area contributed by atoms with E-state index in [0.717, 1.165) is 36.8 Å². The van der Waals surface area contributed by atoms with Crippen LogP contribution in [0.1, 0.15) is 0 Å². The summed E-state index contributed by atoms with van der Waals surface area (Å²) in [6.07, 6.45) is 1.76. The molecule has 0 unspecified atom stereocenters. The number of hydrogen-bond acceptors (Lipinski definition) is 6. The van der Waals surface area contributed by atoms with Crippen LogP contribution >= 0.6 is 0 Å². The lowest BCUT2D eigenvalue weighted by Gasteiger charge is -2.09. The summed E-state index contributed by atoms with van der Waals surface area (Å²) in [6, 6.07) is 6.37. The van der Waals surface area contributed by atoms with E-state index in [-0.39, 0.29) is 11.5 Å². The smallest absolute Gasteiger partial charge is 0.528 e. The van der Waals surface area contributed by atoms with E-state index >= 15 is 0 Å². The molecule has 2 aromatic rings. The zero-order valence-corrected chi connectivity index (χ0v) is 14.8. The molecule has 0 bridgehead atoms. The maximum Gasteiger partial charge on any atom is 0.576 e. The first-order chi connectivity index (χ1) is 11.5. The minimum Gasteiger partial charge on any atom is -0.528 e. The third-order valence-electron chi connectivity index (χ3n) is 3.06. The lowest BCUT2D eigenvalue weighted by Crippen LogP contribution is -2.12. The van der Waals surface area contributed by atoms with E-state index in [1.54, 1.807) is 0 Å². The van der Waals surface area contributed by atoms with Crippen LogP contribution in [0, 0.1) is 11.6 Å². The van der Waals surface area contributed by atoms with E-state index in [4.69, 9.17) is 9.31 Å². The number of hydrogen-bond donors (Lipinski definition) is 0. The first kappa shape index (κ1) is 19.2. The Morgan fingerprint density at radius 2 is 1.12 bits per heavy atom. The Balaban J connectivity index is 2.04. The van der Waals surface area contributed by atoms with E-state index in [1.165, 1.54) is 12.1 Å². The molecule has 0 atom stereocenters. The molecule has 2 rings (SSSR count). The molecule has 0 heterocycles. The Hall–Kier alpha value is -2.14. The molecule has 25 heavy (non-hydrogen) atoms. The second-order valence-electron chi connectivity index (χ2n) is 5.14. The molecule has 0 aliphatic carbocycles. The fraction of sp³-hybridized carbons (Fsp3) is 0.143. The van der Waals surface area contributed by atoms with E-state index in [1.807, 2.05) is 0 Å². The van der Waals surface area contributed by atoms with Gasteiger partial charge in [-0.25, -0.2) is 25.6 Å². The lowest BCUT2D eigenvalue weighted by molar-refractivity contribution is 0.451. The zero-order chi connectivity index (χ0) is 18.8. The molecule has 0 fully saturated rings. The fourth-order valence-electron chi connectivity index (χ4n) is 1.91. The summed E-state index contributed by atoms with van der Waals surface area (Å²) >= 11 is 0. The van der Waals surface area contributed by atoms with Gasteiger partial charge < -0.3 is 9.31 Å². The van der Waals surface area contributed by atoms with Crippen LogP contribution in [0.5, 0.6) is 11.5 Å². The molecule has 6 nitrogen and oxygen atoms in total. The molecule has 0 aliphatic heterocycles. The molecular formula is C14H13BF2O6S2. The minimum atomic E-state index is -3.69. The van der Waals surface area contributed by atoms with E-state index in [9.17, 15) is 25.6 Å². The third kappa shape index (κ3) is 4.92. The van der Waals surface area contributed by atoms with Crippen LogP contribution in [0.15, 0.2) is 46.2 Å². The van der Waals surface area contributed by atoms with Crippen LogP contribution in [0.25, 0.3) is 0 Å². The molecule has 0 amide bonds. The highest BCUT2D eigenvalue weighted by Gasteiger charge is 2.16. The van der Waals surface area contributed by atoms with Gasteiger partial charge >= 0.3 is 7.69 Å². The van der Waals surface area contributed by atoms with Gasteiger partial charge in [0.2, 0.25) is 0 Å². The maximum atomic E-state index is 13.7. The molecule has 2 aromatic carbocycles. The lowest BCUT2D eigenvalue weighted by atomic mass is 10.3. The van der Waals surface area contributed by atoms with Crippen LogP contribution in [0.4, 0.5) is 8.78 Å². The van der Waals surface area contributed by atoms with Gasteiger partial charge in [-0.05, 0) is 24.3 Å². The fourth-order valence-corrected chi connectivity index (χ4v) is 3.37. The predicted octanol–water partition coefficient (Wildman–Crippen LogP) is 1.50. The Kier molecular flexibility index (Phi) is 5.38. The van der Waals surface area contributed by atoms with Crippen molar-refractivity contribution in [1.82, 2.24) is 0 Å². The molecular weight excluding hydrogens is 377 g/mol. The summed E-state index contributed by atoms with van der Waals surface area (Å²) < 4.78 is 82.8. The number of halogens is 2. The molecule has 0 radical (unpaired) electrons. The van der Waals surface area contributed by atoms with Crippen molar-refractivity contribution in [1.29, 1.82) is 0 Å². The van der Waals surface area contributed by atoms with Crippen molar-refractivity contribution in [2.45, 2.75) is 9.79 Å². The van der Waals surface area contributed by atoms with Crippen molar-refractivity contribution < 1.29 is 34.9 Å². The molecule has 0 aromatic heterocycles. The van der Waals surface area contributed by atoms with Crippen molar-refractivity contribution in [3.63, 3.8) is 0 Å². The SMILES string of the molecule is CS(=O)(=O)c1ccc(OBOc2ccc(S(C)(=O)=O)c(F)c2)cc1F. The third-order valence-corrected chi connectivity index (χ3v) is 5.32. The molecule has 0 N–H and O–H groups in total. The molecule has 0 spiro atoms. The van der Waals surface area contributed by atoms with Gasteiger partial charge in [0, 0.05) is 24.6 Å². The monoisotopic (exact) mass is 390 g/mol. The van der Waals surface area contributed by atoms with Crippen molar-refractivity contribution in [2.24, 2.45) is 0 Å². The summed E-state index contributed by atoms with van der Waals surface area (Å²) in [5.74, 6) is -1.91. The molecule has 0 saturated heterocycles. The Morgan fingerprint density at radius 1 is 0.760 bits per heavy atom. The average molecular weight is 390 g/mol. The standard InChI is InChI=1S/C14H13BF2O6S2/c1-24(18,19)13-5-3-9(7-11(13)16)22-15-23-10-4-6-14(12(17)8-10)25(2,20)21/h3-8,15H,1-2H3. The van der Waals surface area contributed by atoms with Crippen molar-refractivity contribution >= 4 is 27.4 Å². The van der Waals surface area contributed by atoms with E-state index in [0.29, 0.717) is 0 Å². The van der Waals surface area contributed by atoms with Crippen LogP contribution in [0.3, 0.4) is 0 Å². The van der Waals surface area contributed by atoms with E-state index < -0.39 is 48.8 Å². The average Bonchev–Trinajstić information content (AvgIpc) is 2.44. The quantitative estimate of drug-likeness (QED) is 0.695. The number of sulfone groups is 2. The van der Waals surface area contributed by atoms with Gasteiger partial charge in [0.15, 0.2) is 19.7 Å². The molecule has 11 heteroatoms. The van der Waals surface area contributed by atoms with Gasteiger partial charge in [-0.3, -0.25) is 0 Å². The minimum absolute atomic E-state index is 0.0122. The second kappa shape index (κ2) is 7.00. The number of benzene rings is 2. The van der Waals surface area contributed by atoms with Crippen LogP contribution in [-0.4, -0.2) is 37.0 Å². The highest BCUT2D eigenvalue weighted by molar-refractivity contribution is 7.91. The van der Waals surface area contributed by atoms with Gasteiger partial charge in [-0.15, -0.1) is 0 Å². The Morgan fingerprint density at radius 3 is 1.40 bits per heavy atom. The topological polar surface area (TPSA) is 86.7 Å². The van der Waals surface area contributed by atoms with Gasteiger partial charge in [-0.1, -0.05) is 0 Å². The van der Waals surface area contributed by atoms with Crippen molar-refractivity contribution in [2.75, 3.05) is 12.5 Å². The first-order valence-electron chi connectivity index (χ1n) is 6.73. The normalized spacial score (nSPS) is 11.8. The van der Waals surface area contributed by atoms with Gasteiger partial charge in [-0.2, -0.15) is 0 Å². The Labute approximate surface area is 144 Å². The van der Waals surface area contributed by atoms with Crippen LogP contribution in [0.2, 0.25) is 0 Å². The van der Waals surface area contributed by atoms with Crippen LogP contribution < -0.4 is 9.31 Å². The van der Waals surface area contributed by atoms with Crippen molar-refractivity contribution in [3.05, 3.63) is 48.0 Å². The first-order valence-corrected chi connectivity index (χ1v) is 10.5. The van der Waals surface area contributed by atoms with Crippen molar-refractivity contribution in [3.8, 4) is 11.5 Å². The highest BCUT2D eigenvalue weighted by Crippen LogP contribution is 2.22. The summed E-state index contributed by atoms with van der Waals surface area (Å²) in [5.41, 5.74) is 0. The summed E-state index contributed by atoms with van der Waals surface area (Å²) in [7, 11) is -7.80. The summed E-state index contributed by atoms with van der Waals surface area (Å²) in [4.78, 5) is -0.918. The maximum absolute atomic E-state index is 13.7. The summed E-state index contributed by atoms with van der Waals surface area (Å²) in [5, 5.41) is 0. The van der Waals surface area contributed by atoms with Gasteiger partial charge in [0.05, 0.1) is 0 Å². The van der Waals surface area contributed by atoms with Gasteiger partial charge in [0.1, 0.15) is 32.9 Å². The van der Waals surface area contributed by atoms with Crippen LogP contribution in [-0.2, 0) is 19.7 Å². The Bertz CT molecular complexity index is 924. The number of rotatable bonds is 6. The van der Waals surface area contributed by atoms with Gasteiger partial charge in [0.25, 0.3) is 0 Å². The molecule has 0 saturated carbocycles. The molecule has 0 aliphatic rings. The van der Waals surface area contributed by atoms with E-state index in [2.05, 4.69) is 0 Å². The molecule has 134 valence electrons. The largest absolute Gasteiger partial charge is 0.576 e. The predicted molar refractivity (Wildman–Crippen MR) is 87.4 cm³/mol.